The van der Waals surface area contributed by atoms with Crippen LogP contribution in [0.5, 0.6) is 5.75 Å². The van der Waals surface area contributed by atoms with E-state index in [1.54, 1.807) is 31.2 Å². The molecule has 0 heterocycles. The molecule has 0 spiro atoms. The highest BCUT2D eigenvalue weighted by atomic mass is 35.5. The van der Waals surface area contributed by atoms with Crippen LogP contribution in [0.25, 0.3) is 0 Å². The number of halogens is 1. The van der Waals surface area contributed by atoms with Gasteiger partial charge in [-0.25, -0.2) is 0 Å². The molecule has 0 radical (unpaired) electrons. The molecular formula is C16H13ClNO4-. The first kappa shape index (κ1) is 15.9. The zero-order valence-electron chi connectivity index (χ0n) is 11.8. The third-order valence-corrected chi connectivity index (χ3v) is 3.12. The van der Waals surface area contributed by atoms with E-state index in [0.717, 1.165) is 0 Å². The summed E-state index contributed by atoms with van der Waals surface area (Å²) in [5.74, 6) is -1.51. The van der Waals surface area contributed by atoms with Gasteiger partial charge in [-0.3, -0.25) is 4.79 Å². The van der Waals surface area contributed by atoms with Gasteiger partial charge >= 0.3 is 0 Å². The monoisotopic (exact) mass is 318 g/mol. The van der Waals surface area contributed by atoms with Crippen LogP contribution < -0.4 is 15.2 Å². The molecule has 0 aliphatic heterocycles. The summed E-state index contributed by atoms with van der Waals surface area (Å²) in [4.78, 5) is 23.4. The Morgan fingerprint density at radius 3 is 2.59 bits per heavy atom. The number of hydrogen-bond donors (Lipinski definition) is 1. The molecule has 0 fully saturated rings. The molecule has 0 bridgehead atoms. The first-order chi connectivity index (χ1) is 10.5. The van der Waals surface area contributed by atoms with Gasteiger partial charge in [0, 0.05) is 10.6 Å². The van der Waals surface area contributed by atoms with E-state index in [4.69, 9.17) is 16.3 Å². The molecule has 0 unspecified atom stereocenters. The van der Waals surface area contributed by atoms with Crippen molar-refractivity contribution in [2.45, 2.75) is 6.92 Å². The SMILES string of the molecule is CCOc1ccc(Cl)cc1C(=O)Nc1ccccc1C(=O)[O-]. The lowest BCUT2D eigenvalue weighted by molar-refractivity contribution is -0.254. The third-order valence-electron chi connectivity index (χ3n) is 2.88. The fourth-order valence-corrected chi connectivity index (χ4v) is 2.09. The summed E-state index contributed by atoms with van der Waals surface area (Å²) in [7, 11) is 0. The molecule has 1 N–H and O–H groups in total. The number of aromatic carboxylic acids is 1. The fourth-order valence-electron chi connectivity index (χ4n) is 1.92. The van der Waals surface area contributed by atoms with Crippen molar-refractivity contribution in [1.82, 2.24) is 0 Å². The molecule has 22 heavy (non-hydrogen) atoms. The summed E-state index contributed by atoms with van der Waals surface area (Å²) in [5, 5.41) is 14.0. The molecule has 2 aromatic carbocycles. The Balaban J connectivity index is 2.34. The molecule has 0 atom stereocenters. The normalized spacial score (nSPS) is 10.1. The van der Waals surface area contributed by atoms with Crippen LogP contribution in [0.4, 0.5) is 5.69 Å². The number of para-hydroxylation sites is 1. The number of carbonyl (C=O) groups is 2. The van der Waals surface area contributed by atoms with Crippen LogP contribution in [-0.2, 0) is 0 Å². The quantitative estimate of drug-likeness (QED) is 0.918. The van der Waals surface area contributed by atoms with Crippen molar-refractivity contribution in [3.05, 3.63) is 58.6 Å². The Labute approximate surface area is 132 Å². The molecule has 0 aliphatic rings. The van der Waals surface area contributed by atoms with Crippen LogP contribution >= 0.6 is 11.6 Å². The van der Waals surface area contributed by atoms with Crippen LogP contribution in [0.2, 0.25) is 5.02 Å². The largest absolute Gasteiger partial charge is 0.545 e. The summed E-state index contributed by atoms with van der Waals surface area (Å²) in [5.41, 5.74) is 0.272. The zero-order chi connectivity index (χ0) is 16.1. The number of carboxylic acid groups (broad SMARTS) is 1. The van der Waals surface area contributed by atoms with Crippen molar-refractivity contribution in [3.8, 4) is 5.75 Å². The number of hydrogen-bond acceptors (Lipinski definition) is 4. The second-order valence-corrected chi connectivity index (χ2v) is 4.80. The van der Waals surface area contributed by atoms with Gasteiger partial charge in [0.05, 0.1) is 23.8 Å². The summed E-state index contributed by atoms with van der Waals surface area (Å²) in [6, 6.07) is 10.7. The number of anilines is 1. The maximum atomic E-state index is 12.4. The van der Waals surface area contributed by atoms with Gasteiger partial charge in [0.25, 0.3) is 5.91 Å². The second-order valence-electron chi connectivity index (χ2n) is 4.36. The Hall–Kier alpha value is -2.53. The number of carboxylic acids is 1. The Kier molecular flexibility index (Phi) is 5.01. The highest BCUT2D eigenvalue weighted by Crippen LogP contribution is 2.25. The molecule has 6 heteroatoms. The van der Waals surface area contributed by atoms with Gasteiger partial charge in [0.15, 0.2) is 0 Å². The fraction of sp³-hybridized carbons (Fsp3) is 0.125. The summed E-state index contributed by atoms with van der Waals surface area (Å²) in [6.45, 7) is 2.18. The van der Waals surface area contributed by atoms with Gasteiger partial charge in [0.2, 0.25) is 0 Å². The molecule has 2 aromatic rings. The second kappa shape index (κ2) is 6.95. The van der Waals surface area contributed by atoms with Crippen LogP contribution in [0.15, 0.2) is 42.5 Å². The van der Waals surface area contributed by atoms with Crippen molar-refractivity contribution >= 4 is 29.2 Å². The molecule has 0 saturated heterocycles. The van der Waals surface area contributed by atoms with Gasteiger partial charge in [-0.2, -0.15) is 0 Å². The number of amides is 1. The lowest BCUT2D eigenvalue weighted by atomic mass is 10.1. The van der Waals surface area contributed by atoms with Crippen LogP contribution in [-0.4, -0.2) is 18.5 Å². The third kappa shape index (κ3) is 3.56. The minimum absolute atomic E-state index is 0.101. The van der Waals surface area contributed by atoms with E-state index >= 15 is 0 Å². The molecule has 2 rings (SSSR count). The molecule has 0 aromatic heterocycles. The molecule has 0 saturated carbocycles. The van der Waals surface area contributed by atoms with Crippen molar-refractivity contribution in [3.63, 3.8) is 0 Å². The maximum absolute atomic E-state index is 12.4. The first-order valence-corrected chi connectivity index (χ1v) is 6.94. The average Bonchev–Trinajstić information content (AvgIpc) is 2.49. The van der Waals surface area contributed by atoms with Gasteiger partial charge in [0.1, 0.15) is 5.75 Å². The number of benzene rings is 2. The van der Waals surface area contributed by atoms with Crippen molar-refractivity contribution < 1.29 is 19.4 Å². The van der Waals surface area contributed by atoms with Crippen LogP contribution in [0, 0.1) is 0 Å². The average molecular weight is 319 g/mol. The number of rotatable bonds is 5. The Bertz CT molecular complexity index is 715. The maximum Gasteiger partial charge on any atom is 0.259 e. The summed E-state index contributed by atoms with van der Waals surface area (Å²) >= 11 is 5.91. The highest BCUT2D eigenvalue weighted by Gasteiger charge is 2.15. The standard InChI is InChI=1S/C16H14ClNO4/c1-2-22-14-8-7-10(17)9-12(14)15(19)18-13-6-4-3-5-11(13)16(20)21/h3-9H,2H2,1H3,(H,18,19)(H,20,21)/p-1. The van der Waals surface area contributed by atoms with E-state index in [0.29, 0.717) is 17.4 Å². The molecule has 1 amide bonds. The van der Waals surface area contributed by atoms with Gasteiger partial charge in [-0.05, 0) is 31.2 Å². The molecule has 114 valence electrons. The van der Waals surface area contributed by atoms with E-state index in [1.807, 2.05) is 0 Å². The van der Waals surface area contributed by atoms with Crippen molar-refractivity contribution in [2.75, 3.05) is 11.9 Å². The predicted octanol–water partition coefficient (Wildman–Crippen LogP) is 2.35. The smallest absolute Gasteiger partial charge is 0.259 e. The first-order valence-electron chi connectivity index (χ1n) is 6.57. The van der Waals surface area contributed by atoms with E-state index in [1.165, 1.54) is 18.2 Å². The van der Waals surface area contributed by atoms with E-state index in [9.17, 15) is 14.7 Å². The van der Waals surface area contributed by atoms with Crippen LogP contribution in [0.3, 0.4) is 0 Å². The number of carbonyl (C=O) groups excluding carboxylic acids is 2. The van der Waals surface area contributed by atoms with Crippen molar-refractivity contribution in [1.29, 1.82) is 0 Å². The zero-order valence-corrected chi connectivity index (χ0v) is 12.5. The van der Waals surface area contributed by atoms with E-state index in [-0.39, 0.29) is 16.8 Å². The van der Waals surface area contributed by atoms with E-state index in [2.05, 4.69) is 5.32 Å². The van der Waals surface area contributed by atoms with Gasteiger partial charge in [-0.1, -0.05) is 29.8 Å². The highest BCUT2D eigenvalue weighted by molar-refractivity contribution is 6.31. The topological polar surface area (TPSA) is 78.5 Å². The van der Waals surface area contributed by atoms with E-state index < -0.39 is 11.9 Å². The molecular weight excluding hydrogens is 306 g/mol. The van der Waals surface area contributed by atoms with Gasteiger partial charge < -0.3 is 20.0 Å². The lowest BCUT2D eigenvalue weighted by Gasteiger charge is -2.14. The molecule has 5 nitrogen and oxygen atoms in total. The lowest BCUT2D eigenvalue weighted by Crippen LogP contribution is -2.25. The summed E-state index contributed by atoms with van der Waals surface area (Å²) in [6.07, 6.45) is 0. The summed E-state index contributed by atoms with van der Waals surface area (Å²) < 4.78 is 5.38. The predicted molar refractivity (Wildman–Crippen MR) is 81.3 cm³/mol. The Morgan fingerprint density at radius 1 is 1.18 bits per heavy atom. The van der Waals surface area contributed by atoms with Crippen molar-refractivity contribution in [2.24, 2.45) is 0 Å². The number of nitrogens with one attached hydrogen (secondary N) is 1. The minimum atomic E-state index is -1.37. The van der Waals surface area contributed by atoms with Gasteiger partial charge in [-0.15, -0.1) is 0 Å². The molecule has 0 aliphatic carbocycles. The minimum Gasteiger partial charge on any atom is -0.545 e. The van der Waals surface area contributed by atoms with Crippen LogP contribution in [0.1, 0.15) is 27.6 Å². The Morgan fingerprint density at radius 2 is 1.91 bits per heavy atom. The number of ether oxygens (including phenoxy) is 1.